The number of nitrogens with one attached hydrogen (secondary N) is 1. The Bertz CT molecular complexity index is 1210. The summed E-state index contributed by atoms with van der Waals surface area (Å²) in [5, 5.41) is 15.3. The third-order valence-electron chi connectivity index (χ3n) is 7.58. The SMILES string of the molecule is CCn1ccc2c(=O)n(CC3(O)CCN(C(=O)[C@H]4CCNC[C@@H]4c4ccccc4)CC3)cnc21. The molecular formula is C26H33N5O3. The van der Waals surface area contributed by atoms with E-state index >= 15 is 0 Å². The standard InChI is InChI=1S/C26H33N5O3/c1-2-29-13-9-21-23(29)28-18-31(25(21)33)17-26(34)10-14-30(15-11-26)24(32)20-8-12-27-16-22(20)19-6-4-3-5-7-19/h3-7,9,13,18,20,22,27,34H,2,8,10-12,14-17H2,1H3/t20-,22+/m0/s1. The van der Waals surface area contributed by atoms with Gasteiger partial charge in [0.15, 0.2) is 0 Å². The van der Waals surface area contributed by atoms with Gasteiger partial charge in [-0.15, -0.1) is 0 Å². The molecule has 2 aromatic heterocycles. The Morgan fingerprint density at radius 2 is 1.94 bits per heavy atom. The van der Waals surface area contributed by atoms with Gasteiger partial charge in [0.05, 0.1) is 17.5 Å². The van der Waals surface area contributed by atoms with Gasteiger partial charge >= 0.3 is 0 Å². The number of nitrogens with zero attached hydrogens (tertiary/aromatic N) is 4. The van der Waals surface area contributed by atoms with E-state index < -0.39 is 5.60 Å². The van der Waals surface area contributed by atoms with Crippen molar-refractivity contribution in [2.45, 2.75) is 50.8 Å². The van der Waals surface area contributed by atoms with Crippen molar-refractivity contribution in [1.82, 2.24) is 24.3 Å². The van der Waals surface area contributed by atoms with Gasteiger partial charge in [0, 0.05) is 44.2 Å². The molecule has 1 amide bonds. The van der Waals surface area contributed by atoms with Crippen molar-refractivity contribution in [3.8, 4) is 0 Å². The molecule has 0 radical (unpaired) electrons. The predicted octanol–water partition coefficient (Wildman–Crippen LogP) is 1.96. The zero-order valence-corrected chi connectivity index (χ0v) is 19.7. The first-order valence-electron chi connectivity index (χ1n) is 12.3. The van der Waals surface area contributed by atoms with E-state index in [-0.39, 0.29) is 29.8 Å². The average Bonchev–Trinajstić information content (AvgIpc) is 3.30. The molecule has 2 atom stereocenters. The van der Waals surface area contributed by atoms with Crippen LogP contribution in [0.3, 0.4) is 0 Å². The summed E-state index contributed by atoms with van der Waals surface area (Å²) >= 11 is 0. The van der Waals surface area contributed by atoms with Crippen LogP contribution in [-0.4, -0.2) is 61.8 Å². The first-order valence-corrected chi connectivity index (χ1v) is 12.3. The minimum Gasteiger partial charge on any atom is -0.388 e. The van der Waals surface area contributed by atoms with E-state index in [1.807, 2.05) is 40.8 Å². The number of aryl methyl sites for hydroxylation is 1. The molecule has 2 saturated heterocycles. The van der Waals surface area contributed by atoms with Crippen molar-refractivity contribution in [1.29, 1.82) is 0 Å². The molecule has 8 nitrogen and oxygen atoms in total. The predicted molar refractivity (Wildman–Crippen MR) is 131 cm³/mol. The van der Waals surface area contributed by atoms with Crippen LogP contribution in [0.5, 0.6) is 0 Å². The van der Waals surface area contributed by atoms with Crippen LogP contribution in [0.1, 0.15) is 37.7 Å². The molecular weight excluding hydrogens is 430 g/mol. The quantitative estimate of drug-likeness (QED) is 0.604. The molecule has 5 rings (SSSR count). The maximum absolute atomic E-state index is 13.5. The summed E-state index contributed by atoms with van der Waals surface area (Å²) in [6, 6.07) is 12.0. The molecule has 2 aliphatic heterocycles. The number of hydrogen-bond donors (Lipinski definition) is 2. The van der Waals surface area contributed by atoms with Crippen LogP contribution < -0.4 is 10.9 Å². The summed E-state index contributed by atoms with van der Waals surface area (Å²) in [6.07, 6.45) is 5.11. The lowest BCUT2D eigenvalue weighted by Crippen LogP contribution is -2.52. The zero-order chi connectivity index (χ0) is 23.7. The van der Waals surface area contributed by atoms with Crippen molar-refractivity contribution < 1.29 is 9.90 Å². The Hall–Kier alpha value is -2.97. The van der Waals surface area contributed by atoms with E-state index in [4.69, 9.17) is 0 Å². The highest BCUT2D eigenvalue weighted by Crippen LogP contribution is 2.33. The van der Waals surface area contributed by atoms with Crippen molar-refractivity contribution in [2.24, 2.45) is 5.92 Å². The fraction of sp³-hybridized carbons (Fsp3) is 0.500. The molecule has 180 valence electrons. The van der Waals surface area contributed by atoms with Crippen LogP contribution in [0.4, 0.5) is 0 Å². The lowest BCUT2D eigenvalue weighted by Gasteiger charge is -2.41. The maximum atomic E-state index is 13.5. The lowest BCUT2D eigenvalue weighted by molar-refractivity contribution is -0.141. The Morgan fingerprint density at radius 3 is 2.68 bits per heavy atom. The summed E-state index contributed by atoms with van der Waals surface area (Å²) in [6.45, 7) is 5.58. The Kier molecular flexibility index (Phi) is 6.27. The number of amides is 1. The molecule has 1 aromatic carbocycles. The number of aromatic nitrogens is 3. The number of aliphatic hydroxyl groups is 1. The number of carbonyl (C=O) groups excluding carboxylic acids is 1. The van der Waals surface area contributed by atoms with Gasteiger partial charge in [0.2, 0.25) is 5.91 Å². The van der Waals surface area contributed by atoms with Crippen LogP contribution in [0.2, 0.25) is 0 Å². The van der Waals surface area contributed by atoms with Crippen LogP contribution in [0.25, 0.3) is 11.0 Å². The summed E-state index contributed by atoms with van der Waals surface area (Å²) in [5.41, 5.74) is 0.701. The van der Waals surface area contributed by atoms with Crippen molar-refractivity contribution in [3.63, 3.8) is 0 Å². The summed E-state index contributed by atoms with van der Waals surface area (Å²) < 4.78 is 3.45. The number of fused-ring (bicyclic) bond motifs is 1. The first-order chi connectivity index (χ1) is 16.5. The molecule has 0 bridgehead atoms. The molecule has 2 N–H and O–H groups in total. The summed E-state index contributed by atoms with van der Waals surface area (Å²) in [7, 11) is 0. The van der Waals surface area contributed by atoms with Crippen molar-refractivity contribution in [3.05, 3.63) is 64.8 Å². The molecule has 4 heterocycles. The fourth-order valence-corrected chi connectivity index (χ4v) is 5.53. The van der Waals surface area contributed by atoms with Gasteiger partial charge in [0.1, 0.15) is 12.0 Å². The molecule has 34 heavy (non-hydrogen) atoms. The average molecular weight is 464 g/mol. The van der Waals surface area contributed by atoms with E-state index in [0.717, 1.165) is 26.1 Å². The Balaban J connectivity index is 1.26. The monoisotopic (exact) mass is 463 g/mol. The van der Waals surface area contributed by atoms with Gasteiger partial charge in [-0.1, -0.05) is 30.3 Å². The molecule has 0 saturated carbocycles. The largest absolute Gasteiger partial charge is 0.388 e. The smallest absolute Gasteiger partial charge is 0.262 e. The minimum absolute atomic E-state index is 0.0494. The normalized spacial score (nSPS) is 22.7. The van der Waals surface area contributed by atoms with E-state index in [0.29, 0.717) is 37.0 Å². The van der Waals surface area contributed by atoms with E-state index in [1.54, 1.807) is 6.07 Å². The highest BCUT2D eigenvalue weighted by molar-refractivity contribution is 5.80. The van der Waals surface area contributed by atoms with Gasteiger partial charge in [-0.2, -0.15) is 0 Å². The molecule has 0 unspecified atom stereocenters. The lowest BCUT2D eigenvalue weighted by atomic mass is 9.80. The molecule has 8 heteroatoms. The summed E-state index contributed by atoms with van der Waals surface area (Å²) in [5.74, 6) is 0.292. The second-order valence-corrected chi connectivity index (χ2v) is 9.68. The van der Waals surface area contributed by atoms with Gasteiger partial charge < -0.3 is 19.9 Å². The summed E-state index contributed by atoms with van der Waals surface area (Å²) in [4.78, 5) is 32.8. The second-order valence-electron chi connectivity index (χ2n) is 9.68. The van der Waals surface area contributed by atoms with E-state index in [9.17, 15) is 14.7 Å². The molecule has 0 spiro atoms. The Labute approximate surface area is 199 Å². The molecule has 0 aliphatic carbocycles. The van der Waals surface area contributed by atoms with Crippen LogP contribution in [0.15, 0.2) is 53.7 Å². The van der Waals surface area contributed by atoms with Crippen molar-refractivity contribution >= 4 is 16.9 Å². The third kappa shape index (κ3) is 4.28. The van der Waals surface area contributed by atoms with Gasteiger partial charge in [-0.05, 0) is 44.4 Å². The van der Waals surface area contributed by atoms with Crippen LogP contribution in [0, 0.1) is 5.92 Å². The second kappa shape index (κ2) is 9.35. The number of hydrogen-bond acceptors (Lipinski definition) is 5. The zero-order valence-electron chi connectivity index (χ0n) is 19.7. The van der Waals surface area contributed by atoms with Gasteiger partial charge in [-0.25, -0.2) is 4.98 Å². The molecule has 2 fully saturated rings. The number of likely N-dealkylation sites (tertiary alicyclic amines) is 1. The van der Waals surface area contributed by atoms with Gasteiger partial charge in [-0.3, -0.25) is 14.2 Å². The number of carbonyl (C=O) groups is 1. The number of benzene rings is 1. The van der Waals surface area contributed by atoms with Crippen LogP contribution in [-0.2, 0) is 17.9 Å². The number of piperidine rings is 2. The van der Waals surface area contributed by atoms with E-state index in [1.165, 1.54) is 16.5 Å². The minimum atomic E-state index is -1.03. The Morgan fingerprint density at radius 1 is 1.18 bits per heavy atom. The molecule has 2 aliphatic rings. The topological polar surface area (TPSA) is 92.4 Å². The van der Waals surface area contributed by atoms with Crippen LogP contribution >= 0.6 is 0 Å². The van der Waals surface area contributed by atoms with Crippen molar-refractivity contribution in [2.75, 3.05) is 26.2 Å². The van der Waals surface area contributed by atoms with Gasteiger partial charge in [0.25, 0.3) is 5.56 Å². The van der Waals surface area contributed by atoms with E-state index in [2.05, 4.69) is 22.4 Å². The first kappa shape index (κ1) is 22.8. The highest BCUT2D eigenvalue weighted by atomic mass is 16.3. The third-order valence-corrected chi connectivity index (χ3v) is 7.58. The molecule has 3 aromatic rings. The maximum Gasteiger partial charge on any atom is 0.262 e. The fourth-order valence-electron chi connectivity index (χ4n) is 5.53. The number of rotatable bonds is 5. The highest BCUT2D eigenvalue weighted by Gasteiger charge is 2.39.